The highest BCUT2D eigenvalue weighted by Gasteiger charge is 2.28. The molecule has 1 nitrogen and oxygen atoms in total. The molecule has 0 spiro atoms. The van der Waals surface area contributed by atoms with Gasteiger partial charge in [0.25, 0.3) is 0 Å². The molecule has 3 heteroatoms. The SMILES string of the molecule is NC1(F)CCSC1. The molecule has 0 saturated carbocycles. The molecule has 0 aromatic carbocycles. The molecule has 1 heterocycles. The molecule has 7 heavy (non-hydrogen) atoms. The first-order valence-corrected chi connectivity index (χ1v) is 3.42. The molecule has 1 aliphatic rings. The summed E-state index contributed by atoms with van der Waals surface area (Å²) >= 11 is 1.58. The Labute approximate surface area is 46.5 Å². The highest BCUT2D eigenvalue weighted by molar-refractivity contribution is 7.99. The van der Waals surface area contributed by atoms with Crippen molar-refractivity contribution < 1.29 is 4.39 Å². The predicted molar refractivity (Wildman–Crippen MR) is 30.0 cm³/mol. The van der Waals surface area contributed by atoms with Gasteiger partial charge in [-0.3, -0.25) is 5.73 Å². The van der Waals surface area contributed by atoms with Crippen molar-refractivity contribution in [1.82, 2.24) is 0 Å². The molecule has 1 unspecified atom stereocenters. The van der Waals surface area contributed by atoms with Crippen LogP contribution in [0.15, 0.2) is 0 Å². The molecule has 42 valence electrons. The fourth-order valence-corrected chi connectivity index (χ4v) is 1.67. The standard InChI is InChI=1S/C4H8FNS/c5-4(6)1-2-7-3-4/h1-3,6H2. The van der Waals surface area contributed by atoms with E-state index in [4.69, 9.17) is 5.73 Å². The summed E-state index contributed by atoms with van der Waals surface area (Å²) in [6.07, 6.45) is 0.525. The van der Waals surface area contributed by atoms with Gasteiger partial charge in [-0.05, 0) is 5.75 Å². The maximum Gasteiger partial charge on any atom is 0.169 e. The number of hydrogen-bond acceptors (Lipinski definition) is 2. The van der Waals surface area contributed by atoms with Crippen molar-refractivity contribution in [3.63, 3.8) is 0 Å². The lowest BCUT2D eigenvalue weighted by Crippen LogP contribution is -2.33. The lowest BCUT2D eigenvalue weighted by molar-refractivity contribution is 0.210. The molecule has 1 fully saturated rings. The molecule has 0 aromatic rings. The second-order valence-electron chi connectivity index (χ2n) is 1.84. The fourth-order valence-electron chi connectivity index (χ4n) is 0.556. The van der Waals surface area contributed by atoms with Crippen LogP contribution in [-0.2, 0) is 0 Å². The van der Waals surface area contributed by atoms with Gasteiger partial charge < -0.3 is 0 Å². The Morgan fingerprint density at radius 2 is 2.43 bits per heavy atom. The summed E-state index contributed by atoms with van der Waals surface area (Å²) in [6.45, 7) is 0. The van der Waals surface area contributed by atoms with Crippen LogP contribution in [-0.4, -0.2) is 17.3 Å². The summed E-state index contributed by atoms with van der Waals surface area (Å²) in [5.41, 5.74) is 5.09. The second-order valence-corrected chi connectivity index (χ2v) is 2.94. The van der Waals surface area contributed by atoms with Crippen LogP contribution in [0.2, 0.25) is 0 Å². The van der Waals surface area contributed by atoms with Gasteiger partial charge in [0.1, 0.15) is 0 Å². The monoisotopic (exact) mass is 121 g/mol. The molecule has 0 radical (unpaired) electrons. The van der Waals surface area contributed by atoms with Crippen molar-refractivity contribution in [2.75, 3.05) is 11.5 Å². The summed E-state index contributed by atoms with van der Waals surface area (Å²) in [6, 6.07) is 0. The van der Waals surface area contributed by atoms with Crippen molar-refractivity contribution in [3.05, 3.63) is 0 Å². The number of nitrogens with two attached hydrogens (primary N) is 1. The van der Waals surface area contributed by atoms with E-state index in [9.17, 15) is 4.39 Å². The first-order chi connectivity index (χ1) is 3.21. The summed E-state index contributed by atoms with van der Waals surface area (Å²) in [4.78, 5) is 0. The fraction of sp³-hybridized carbons (Fsp3) is 1.00. The van der Waals surface area contributed by atoms with Gasteiger partial charge in [-0.1, -0.05) is 0 Å². The number of rotatable bonds is 0. The number of thioether (sulfide) groups is 1. The van der Waals surface area contributed by atoms with E-state index >= 15 is 0 Å². The van der Waals surface area contributed by atoms with Gasteiger partial charge in [0.05, 0.1) is 0 Å². The third-order valence-corrected chi connectivity index (χ3v) is 2.18. The summed E-state index contributed by atoms with van der Waals surface area (Å²) in [5, 5.41) is 0. The van der Waals surface area contributed by atoms with Crippen LogP contribution >= 0.6 is 11.8 Å². The van der Waals surface area contributed by atoms with E-state index in [0.717, 1.165) is 5.75 Å². The molecule has 0 bridgehead atoms. The third-order valence-electron chi connectivity index (χ3n) is 1.00. The minimum absolute atomic E-state index is 0.479. The summed E-state index contributed by atoms with van der Waals surface area (Å²) in [7, 11) is 0. The Kier molecular flexibility index (Phi) is 1.26. The van der Waals surface area contributed by atoms with Gasteiger partial charge in [0.15, 0.2) is 5.79 Å². The Morgan fingerprint density at radius 1 is 1.71 bits per heavy atom. The number of hydrogen-bond donors (Lipinski definition) is 1. The quantitative estimate of drug-likeness (QED) is 0.478. The van der Waals surface area contributed by atoms with Gasteiger partial charge in [-0.25, -0.2) is 4.39 Å². The third kappa shape index (κ3) is 1.31. The van der Waals surface area contributed by atoms with E-state index in [1.165, 1.54) is 0 Å². The molecule has 0 aromatic heterocycles. The molecule has 2 N–H and O–H groups in total. The molecule has 1 rings (SSSR count). The van der Waals surface area contributed by atoms with Crippen LogP contribution < -0.4 is 5.73 Å². The Morgan fingerprint density at radius 3 is 2.57 bits per heavy atom. The van der Waals surface area contributed by atoms with E-state index in [0.29, 0.717) is 12.2 Å². The maximum atomic E-state index is 12.4. The zero-order chi connectivity index (χ0) is 5.33. The van der Waals surface area contributed by atoms with Crippen molar-refractivity contribution in [2.24, 2.45) is 5.73 Å². The van der Waals surface area contributed by atoms with Crippen LogP contribution in [0.4, 0.5) is 4.39 Å². The molecule has 1 aliphatic heterocycles. The number of alkyl halides is 1. The molecule has 1 saturated heterocycles. The largest absolute Gasteiger partial charge is 0.298 e. The van der Waals surface area contributed by atoms with Crippen molar-refractivity contribution in [2.45, 2.75) is 12.2 Å². The second kappa shape index (κ2) is 1.63. The van der Waals surface area contributed by atoms with E-state index in [-0.39, 0.29) is 0 Å². The van der Waals surface area contributed by atoms with E-state index in [1.54, 1.807) is 11.8 Å². The Hall–Kier alpha value is 0.240. The van der Waals surface area contributed by atoms with Gasteiger partial charge in [-0.2, -0.15) is 11.8 Å². The molecular formula is C4H8FNS. The zero-order valence-corrected chi connectivity index (χ0v) is 4.80. The first-order valence-electron chi connectivity index (χ1n) is 2.26. The smallest absolute Gasteiger partial charge is 0.169 e. The lowest BCUT2D eigenvalue weighted by atomic mass is 10.2. The Bertz CT molecular complexity index is 66.1. The van der Waals surface area contributed by atoms with Crippen molar-refractivity contribution in [3.8, 4) is 0 Å². The minimum atomic E-state index is -1.34. The van der Waals surface area contributed by atoms with Gasteiger partial charge >= 0.3 is 0 Å². The van der Waals surface area contributed by atoms with Crippen LogP contribution in [0.1, 0.15) is 6.42 Å². The molecular weight excluding hydrogens is 113 g/mol. The van der Waals surface area contributed by atoms with Crippen LogP contribution in [0.25, 0.3) is 0 Å². The summed E-state index contributed by atoms with van der Waals surface area (Å²) < 4.78 is 12.4. The lowest BCUT2D eigenvalue weighted by Gasteiger charge is -2.07. The van der Waals surface area contributed by atoms with E-state index in [1.807, 2.05) is 0 Å². The van der Waals surface area contributed by atoms with E-state index < -0.39 is 5.79 Å². The maximum absolute atomic E-state index is 12.4. The topological polar surface area (TPSA) is 26.0 Å². The predicted octanol–water partition coefficient (Wildman–Crippen LogP) is 0.748. The first kappa shape index (κ1) is 5.38. The molecule has 0 aliphatic carbocycles. The van der Waals surface area contributed by atoms with Gasteiger partial charge in [0, 0.05) is 12.2 Å². The average Bonchev–Trinajstić information content (AvgIpc) is 1.84. The zero-order valence-electron chi connectivity index (χ0n) is 3.98. The Balaban J connectivity index is 2.40. The highest BCUT2D eigenvalue weighted by atomic mass is 32.2. The van der Waals surface area contributed by atoms with Crippen LogP contribution in [0.3, 0.4) is 0 Å². The minimum Gasteiger partial charge on any atom is -0.298 e. The van der Waals surface area contributed by atoms with E-state index in [2.05, 4.69) is 0 Å². The van der Waals surface area contributed by atoms with Crippen LogP contribution in [0.5, 0.6) is 0 Å². The highest BCUT2D eigenvalue weighted by Crippen LogP contribution is 2.25. The van der Waals surface area contributed by atoms with Crippen molar-refractivity contribution >= 4 is 11.8 Å². The van der Waals surface area contributed by atoms with Crippen molar-refractivity contribution in [1.29, 1.82) is 0 Å². The van der Waals surface area contributed by atoms with Crippen LogP contribution in [0, 0.1) is 0 Å². The molecule has 1 atom stereocenters. The average molecular weight is 121 g/mol. The van der Waals surface area contributed by atoms with Gasteiger partial charge in [-0.15, -0.1) is 0 Å². The summed E-state index contributed by atoms with van der Waals surface area (Å²) in [5.74, 6) is 0.0185. The normalized spacial score (nSPS) is 42.0. The van der Waals surface area contributed by atoms with Gasteiger partial charge in [0.2, 0.25) is 0 Å². The number of halogens is 1. The molecule has 0 amide bonds.